The van der Waals surface area contributed by atoms with E-state index in [1.165, 1.54) is 0 Å². The molecule has 0 aromatic heterocycles. The number of rotatable bonds is 9. The second-order valence-corrected chi connectivity index (χ2v) is 7.11. The van der Waals surface area contributed by atoms with Gasteiger partial charge in [0.25, 0.3) is 0 Å². The Balaban J connectivity index is 1.93. The van der Waals surface area contributed by atoms with Gasteiger partial charge in [-0.05, 0) is 31.2 Å². The van der Waals surface area contributed by atoms with E-state index in [9.17, 15) is 5.11 Å². The molecular weight excluding hydrogens is 394 g/mol. The molecule has 1 atom stereocenters. The van der Waals surface area contributed by atoms with E-state index in [4.69, 9.17) is 18.9 Å². The molecule has 0 fully saturated rings. The topological polar surface area (TPSA) is 69.2 Å². The molecule has 164 valence electrons. The van der Waals surface area contributed by atoms with Crippen LogP contribution < -0.4 is 24.3 Å². The maximum absolute atomic E-state index is 11.3. The summed E-state index contributed by atoms with van der Waals surface area (Å²) in [5.74, 6) is 2.55. The third-order valence-corrected chi connectivity index (χ3v) is 5.19. The van der Waals surface area contributed by atoms with Crippen LogP contribution in [0.3, 0.4) is 0 Å². The first-order valence-corrected chi connectivity index (χ1v) is 9.96. The Bertz CT molecular complexity index is 1030. The molecule has 6 nitrogen and oxygen atoms in total. The number of anilines is 1. The van der Waals surface area contributed by atoms with Crippen molar-refractivity contribution >= 4 is 5.69 Å². The molecule has 1 unspecified atom stereocenters. The SMILES string of the molecule is COc1ccc(CNc2ccc(C)cc2C(O)c2cccc(OC)c2OC)c(OC)c1. The van der Waals surface area contributed by atoms with E-state index in [-0.39, 0.29) is 0 Å². The first kappa shape index (κ1) is 22.3. The van der Waals surface area contributed by atoms with Crippen LogP contribution >= 0.6 is 0 Å². The molecule has 3 aromatic carbocycles. The van der Waals surface area contributed by atoms with Crippen molar-refractivity contribution in [1.29, 1.82) is 0 Å². The number of benzene rings is 3. The number of aliphatic hydroxyl groups is 1. The quantitative estimate of drug-likeness (QED) is 0.519. The molecule has 0 heterocycles. The Morgan fingerprint density at radius 3 is 2.26 bits per heavy atom. The predicted molar refractivity (Wildman–Crippen MR) is 122 cm³/mol. The van der Waals surface area contributed by atoms with E-state index < -0.39 is 6.10 Å². The summed E-state index contributed by atoms with van der Waals surface area (Å²) in [7, 11) is 6.41. The average Bonchev–Trinajstić information content (AvgIpc) is 2.81. The van der Waals surface area contributed by atoms with Gasteiger partial charge in [0.2, 0.25) is 0 Å². The predicted octanol–water partition coefficient (Wildman–Crippen LogP) is 4.72. The second-order valence-electron chi connectivity index (χ2n) is 7.11. The molecule has 0 radical (unpaired) electrons. The van der Waals surface area contributed by atoms with Crippen molar-refractivity contribution in [2.75, 3.05) is 33.8 Å². The van der Waals surface area contributed by atoms with Crippen molar-refractivity contribution in [3.8, 4) is 23.0 Å². The molecule has 0 saturated heterocycles. The average molecular weight is 424 g/mol. The zero-order chi connectivity index (χ0) is 22.4. The van der Waals surface area contributed by atoms with E-state index >= 15 is 0 Å². The van der Waals surface area contributed by atoms with E-state index in [1.807, 2.05) is 55.5 Å². The molecule has 0 aliphatic rings. The summed E-state index contributed by atoms with van der Waals surface area (Å²) in [6.07, 6.45) is -0.898. The Morgan fingerprint density at radius 2 is 1.58 bits per heavy atom. The number of aliphatic hydroxyl groups excluding tert-OH is 1. The summed E-state index contributed by atoms with van der Waals surface area (Å²) in [5.41, 5.74) is 4.23. The fraction of sp³-hybridized carbons (Fsp3) is 0.280. The van der Waals surface area contributed by atoms with Crippen molar-refractivity contribution in [1.82, 2.24) is 0 Å². The highest BCUT2D eigenvalue weighted by Crippen LogP contribution is 2.39. The maximum atomic E-state index is 11.3. The zero-order valence-electron chi connectivity index (χ0n) is 18.6. The number of hydrogen-bond acceptors (Lipinski definition) is 6. The molecule has 0 aliphatic carbocycles. The van der Waals surface area contributed by atoms with Crippen LogP contribution in [-0.4, -0.2) is 33.5 Å². The van der Waals surface area contributed by atoms with Gasteiger partial charge < -0.3 is 29.4 Å². The minimum absolute atomic E-state index is 0.516. The highest BCUT2D eigenvalue weighted by molar-refractivity contribution is 5.59. The molecule has 0 saturated carbocycles. The lowest BCUT2D eigenvalue weighted by Gasteiger charge is -2.21. The van der Waals surface area contributed by atoms with Crippen molar-refractivity contribution in [3.63, 3.8) is 0 Å². The monoisotopic (exact) mass is 423 g/mol. The summed E-state index contributed by atoms with van der Waals surface area (Å²) < 4.78 is 21.7. The van der Waals surface area contributed by atoms with Gasteiger partial charge >= 0.3 is 0 Å². The largest absolute Gasteiger partial charge is 0.497 e. The standard InChI is InChI=1S/C25H29NO5/c1-16-9-12-21(26-15-17-10-11-18(28-2)14-23(17)30-4)20(13-16)24(27)19-7-6-8-22(29-3)25(19)31-5/h6-14,24,26-27H,15H2,1-5H3. The van der Waals surface area contributed by atoms with Crippen LogP contribution in [0, 0.1) is 6.92 Å². The van der Waals surface area contributed by atoms with Crippen molar-refractivity contribution < 1.29 is 24.1 Å². The molecular formula is C25H29NO5. The number of methoxy groups -OCH3 is 4. The Hall–Kier alpha value is -3.38. The molecule has 0 bridgehead atoms. The van der Waals surface area contributed by atoms with Gasteiger partial charge in [-0.2, -0.15) is 0 Å². The van der Waals surface area contributed by atoms with Crippen molar-refractivity contribution in [3.05, 3.63) is 76.9 Å². The minimum Gasteiger partial charge on any atom is -0.497 e. The van der Waals surface area contributed by atoms with Crippen molar-refractivity contribution in [2.24, 2.45) is 0 Å². The third kappa shape index (κ3) is 4.86. The molecule has 2 N–H and O–H groups in total. The molecule has 0 aliphatic heterocycles. The van der Waals surface area contributed by atoms with Gasteiger partial charge in [-0.3, -0.25) is 0 Å². The number of ether oxygens (including phenoxy) is 4. The summed E-state index contributed by atoms with van der Waals surface area (Å²) in [4.78, 5) is 0. The Morgan fingerprint density at radius 1 is 0.806 bits per heavy atom. The first-order chi connectivity index (χ1) is 15.0. The highest BCUT2D eigenvalue weighted by Gasteiger charge is 2.21. The lowest BCUT2D eigenvalue weighted by atomic mass is 9.97. The van der Waals surface area contributed by atoms with Gasteiger partial charge in [0.05, 0.1) is 28.4 Å². The molecule has 3 rings (SSSR count). The fourth-order valence-electron chi connectivity index (χ4n) is 3.55. The number of aryl methyl sites for hydroxylation is 1. The van der Waals surface area contributed by atoms with E-state index in [0.29, 0.717) is 23.6 Å². The molecule has 0 spiro atoms. The lowest BCUT2D eigenvalue weighted by molar-refractivity contribution is 0.213. The van der Waals surface area contributed by atoms with Gasteiger partial charge in [-0.15, -0.1) is 0 Å². The first-order valence-electron chi connectivity index (χ1n) is 9.96. The van der Waals surface area contributed by atoms with Crippen LogP contribution in [0.5, 0.6) is 23.0 Å². The zero-order valence-corrected chi connectivity index (χ0v) is 18.6. The second kappa shape index (κ2) is 10.1. The normalized spacial score (nSPS) is 11.5. The molecule has 6 heteroatoms. The molecule has 31 heavy (non-hydrogen) atoms. The van der Waals surface area contributed by atoms with Gasteiger partial charge in [0, 0.05) is 35.0 Å². The molecule has 0 amide bonds. The van der Waals surface area contributed by atoms with Crippen molar-refractivity contribution in [2.45, 2.75) is 19.6 Å². The number of para-hydroxylation sites is 1. The van der Waals surface area contributed by atoms with Crippen LogP contribution in [0.15, 0.2) is 54.6 Å². The highest BCUT2D eigenvalue weighted by atomic mass is 16.5. The van der Waals surface area contributed by atoms with Crippen LogP contribution in [0.25, 0.3) is 0 Å². The number of hydrogen-bond donors (Lipinski definition) is 2. The van der Waals surface area contributed by atoms with Gasteiger partial charge in [-0.1, -0.05) is 29.8 Å². The van der Waals surface area contributed by atoms with E-state index in [0.717, 1.165) is 33.9 Å². The summed E-state index contributed by atoms with van der Waals surface area (Å²) >= 11 is 0. The van der Waals surface area contributed by atoms with Crippen LogP contribution in [0.4, 0.5) is 5.69 Å². The third-order valence-electron chi connectivity index (χ3n) is 5.19. The Labute approximate surface area is 183 Å². The van der Waals surface area contributed by atoms with Gasteiger partial charge in [0.1, 0.15) is 17.6 Å². The fourth-order valence-corrected chi connectivity index (χ4v) is 3.55. The smallest absolute Gasteiger partial charge is 0.166 e. The summed E-state index contributed by atoms with van der Waals surface area (Å²) in [6.45, 7) is 2.51. The lowest BCUT2D eigenvalue weighted by Crippen LogP contribution is -2.09. The van der Waals surface area contributed by atoms with E-state index in [2.05, 4.69) is 5.32 Å². The van der Waals surface area contributed by atoms with Crippen LogP contribution in [0.2, 0.25) is 0 Å². The summed E-state index contributed by atoms with van der Waals surface area (Å²) in [6, 6.07) is 17.1. The van der Waals surface area contributed by atoms with Crippen LogP contribution in [0.1, 0.15) is 28.4 Å². The van der Waals surface area contributed by atoms with Gasteiger partial charge in [-0.25, -0.2) is 0 Å². The van der Waals surface area contributed by atoms with E-state index in [1.54, 1.807) is 34.5 Å². The van der Waals surface area contributed by atoms with Gasteiger partial charge in [0.15, 0.2) is 11.5 Å². The summed E-state index contributed by atoms with van der Waals surface area (Å²) in [5, 5.41) is 14.7. The number of nitrogens with one attached hydrogen (secondary N) is 1. The van der Waals surface area contributed by atoms with Crippen LogP contribution in [-0.2, 0) is 6.54 Å². The Kier molecular flexibility index (Phi) is 7.26. The maximum Gasteiger partial charge on any atom is 0.166 e. The molecule has 3 aromatic rings. The minimum atomic E-state index is -0.898.